The number of hydrogen-bond acceptors (Lipinski definition) is 7. The van der Waals surface area contributed by atoms with Crippen LogP contribution in [0.5, 0.6) is 0 Å². The van der Waals surface area contributed by atoms with E-state index < -0.39 is 11.6 Å². The van der Waals surface area contributed by atoms with Crippen molar-refractivity contribution in [2.75, 3.05) is 11.1 Å². The molecule has 0 unspecified atom stereocenters. The van der Waals surface area contributed by atoms with Crippen LogP contribution in [-0.4, -0.2) is 19.9 Å². The minimum Gasteiger partial charge on any atom is -0.384 e. The Bertz CT molecular complexity index is 1140. The van der Waals surface area contributed by atoms with Gasteiger partial charge in [-0.1, -0.05) is 17.7 Å². The number of rotatable bonds is 3. The van der Waals surface area contributed by atoms with Crippen LogP contribution in [0.15, 0.2) is 30.5 Å². The van der Waals surface area contributed by atoms with Crippen molar-refractivity contribution in [2.24, 2.45) is 0 Å². The second-order valence-corrected chi connectivity index (χ2v) is 7.00. The second-order valence-electron chi connectivity index (χ2n) is 5.60. The molecule has 0 amide bonds. The van der Waals surface area contributed by atoms with E-state index in [1.54, 1.807) is 13.0 Å². The minimum atomic E-state index is -0.621. The van der Waals surface area contributed by atoms with Crippen molar-refractivity contribution in [2.45, 2.75) is 6.92 Å². The third-order valence-corrected chi connectivity index (χ3v) is 5.05. The number of nitrogen functional groups attached to an aromatic ring is 1. The number of fused-ring (bicyclic) bond motifs is 1. The van der Waals surface area contributed by atoms with E-state index in [9.17, 15) is 8.78 Å². The molecule has 0 aliphatic rings. The highest BCUT2D eigenvalue weighted by atomic mass is 35.5. The molecule has 0 aliphatic heterocycles. The highest BCUT2D eigenvalue weighted by molar-refractivity contribution is 7.22. The van der Waals surface area contributed by atoms with Crippen LogP contribution >= 0.6 is 35.3 Å². The molecule has 3 N–H and O–H groups in total. The number of halogens is 4. The quantitative estimate of drug-likeness (QED) is 0.458. The first-order chi connectivity index (χ1) is 12.9. The molecule has 4 rings (SSSR count). The lowest BCUT2D eigenvalue weighted by Gasteiger charge is -2.07. The van der Waals surface area contributed by atoms with Crippen LogP contribution in [0.2, 0.25) is 5.02 Å². The van der Waals surface area contributed by atoms with E-state index >= 15 is 0 Å². The van der Waals surface area contributed by atoms with Crippen LogP contribution in [0.3, 0.4) is 0 Å². The van der Waals surface area contributed by atoms with Gasteiger partial charge in [0.05, 0.1) is 16.8 Å². The van der Waals surface area contributed by atoms with Crippen molar-refractivity contribution in [3.63, 3.8) is 0 Å². The highest BCUT2D eigenvalue weighted by Gasteiger charge is 2.19. The number of nitrogens with one attached hydrogen (secondary N) is 1. The predicted molar refractivity (Wildman–Crippen MR) is 109 cm³/mol. The fourth-order valence-corrected chi connectivity index (χ4v) is 3.95. The van der Waals surface area contributed by atoms with Gasteiger partial charge in [0.2, 0.25) is 0 Å². The first-order valence-corrected chi connectivity index (χ1v) is 8.89. The summed E-state index contributed by atoms with van der Waals surface area (Å²) in [5, 5.41) is 3.43. The summed E-state index contributed by atoms with van der Waals surface area (Å²) in [5.74, 6) is 0.317. The number of pyridine rings is 1. The van der Waals surface area contributed by atoms with Gasteiger partial charge in [-0.15, -0.1) is 23.7 Å². The lowest BCUT2D eigenvalue weighted by molar-refractivity contribution is 0.629. The second kappa shape index (κ2) is 7.78. The smallest absolute Gasteiger partial charge is 0.168 e. The van der Waals surface area contributed by atoms with Crippen molar-refractivity contribution >= 4 is 63.0 Å². The van der Waals surface area contributed by atoms with Gasteiger partial charge in [0.1, 0.15) is 38.5 Å². The maximum atomic E-state index is 14.2. The van der Waals surface area contributed by atoms with Gasteiger partial charge in [-0.05, 0) is 19.1 Å². The largest absolute Gasteiger partial charge is 0.384 e. The molecule has 0 fully saturated rings. The molecular weight excluding hydrogens is 429 g/mol. The molecular formula is C17H12Cl2F2N6S. The van der Waals surface area contributed by atoms with Crippen molar-refractivity contribution in [3.05, 3.63) is 52.9 Å². The Balaban J connectivity index is 0.00000225. The van der Waals surface area contributed by atoms with Gasteiger partial charge in [0.25, 0.3) is 0 Å². The number of nitrogens with two attached hydrogens (primary N) is 1. The predicted octanol–water partition coefficient (Wildman–Crippen LogP) is 5.14. The molecule has 0 radical (unpaired) electrons. The van der Waals surface area contributed by atoms with Gasteiger partial charge >= 0.3 is 0 Å². The van der Waals surface area contributed by atoms with Gasteiger partial charge in [0, 0.05) is 6.07 Å². The van der Waals surface area contributed by atoms with Crippen molar-refractivity contribution in [1.82, 2.24) is 19.9 Å². The molecule has 1 aromatic carbocycles. The van der Waals surface area contributed by atoms with Gasteiger partial charge in [0.15, 0.2) is 11.6 Å². The zero-order chi connectivity index (χ0) is 19.1. The standard InChI is InChI=1S/C17H11ClF2N6S.ClH/c1-7-23-11(21)5-12(24-7)25-16-15-14(10(20)6-22-16)26-17(27-15)13-8(18)3-2-4-9(13)19;/h2-6H,1H3,(H3,21,22,23,24,25);1H. The topological polar surface area (TPSA) is 89.6 Å². The minimum absolute atomic E-state index is 0. The van der Waals surface area contributed by atoms with E-state index in [0.29, 0.717) is 22.2 Å². The summed E-state index contributed by atoms with van der Waals surface area (Å²) in [6.45, 7) is 1.69. The lowest BCUT2D eigenvalue weighted by Crippen LogP contribution is -2.02. The maximum absolute atomic E-state index is 14.2. The molecule has 3 aromatic heterocycles. The number of aryl methyl sites for hydroxylation is 1. The van der Waals surface area contributed by atoms with Crippen LogP contribution < -0.4 is 11.1 Å². The van der Waals surface area contributed by atoms with E-state index in [2.05, 4.69) is 25.3 Å². The molecule has 0 saturated heterocycles. The zero-order valence-electron chi connectivity index (χ0n) is 14.2. The Labute approximate surface area is 173 Å². The number of thiazole rings is 1. The summed E-state index contributed by atoms with van der Waals surface area (Å²) in [4.78, 5) is 16.5. The Kier molecular flexibility index (Phi) is 5.59. The number of aromatic nitrogens is 4. The van der Waals surface area contributed by atoms with Crippen LogP contribution in [0, 0.1) is 18.6 Å². The monoisotopic (exact) mass is 440 g/mol. The summed E-state index contributed by atoms with van der Waals surface area (Å²) >= 11 is 7.18. The van der Waals surface area contributed by atoms with Gasteiger partial charge in [-0.3, -0.25) is 0 Å². The number of nitrogens with zero attached hydrogens (tertiary/aromatic N) is 4. The normalized spacial score (nSPS) is 10.7. The highest BCUT2D eigenvalue weighted by Crippen LogP contribution is 2.39. The van der Waals surface area contributed by atoms with E-state index in [1.165, 1.54) is 18.2 Å². The molecule has 144 valence electrons. The first-order valence-electron chi connectivity index (χ1n) is 7.70. The van der Waals surface area contributed by atoms with E-state index in [-0.39, 0.29) is 39.3 Å². The van der Waals surface area contributed by atoms with Gasteiger partial charge in [-0.2, -0.15) is 0 Å². The summed E-state index contributed by atoms with van der Waals surface area (Å²) in [6, 6.07) is 5.84. The average molecular weight is 441 g/mol. The van der Waals surface area contributed by atoms with E-state index in [1.807, 2.05) is 0 Å². The molecule has 6 nitrogen and oxygen atoms in total. The third-order valence-electron chi connectivity index (χ3n) is 3.66. The Morgan fingerprint density at radius 3 is 2.64 bits per heavy atom. The summed E-state index contributed by atoms with van der Waals surface area (Å²) < 4.78 is 28.9. The molecule has 0 bridgehead atoms. The summed E-state index contributed by atoms with van der Waals surface area (Å²) in [7, 11) is 0. The SMILES string of the molecule is Cc1nc(N)cc(Nc2ncc(F)c3nc(-c4c(F)cccc4Cl)sc23)n1.Cl. The third kappa shape index (κ3) is 3.68. The molecule has 0 aliphatic carbocycles. The fourth-order valence-electron chi connectivity index (χ4n) is 2.56. The Morgan fingerprint density at radius 2 is 1.93 bits per heavy atom. The molecule has 11 heteroatoms. The van der Waals surface area contributed by atoms with E-state index in [4.69, 9.17) is 17.3 Å². The van der Waals surface area contributed by atoms with E-state index in [0.717, 1.165) is 17.5 Å². The molecule has 0 atom stereocenters. The van der Waals surface area contributed by atoms with Gasteiger partial charge < -0.3 is 11.1 Å². The van der Waals surface area contributed by atoms with Crippen LogP contribution in [-0.2, 0) is 0 Å². The molecule has 0 saturated carbocycles. The molecule has 0 spiro atoms. The average Bonchev–Trinajstić information content (AvgIpc) is 3.02. The number of anilines is 3. The molecule has 3 heterocycles. The van der Waals surface area contributed by atoms with Crippen LogP contribution in [0.1, 0.15) is 5.82 Å². The Morgan fingerprint density at radius 1 is 1.14 bits per heavy atom. The number of hydrogen-bond donors (Lipinski definition) is 2. The lowest BCUT2D eigenvalue weighted by atomic mass is 10.2. The summed E-state index contributed by atoms with van der Waals surface area (Å²) in [5.41, 5.74) is 5.90. The Hall–Kier alpha value is -2.62. The van der Waals surface area contributed by atoms with Gasteiger partial charge in [-0.25, -0.2) is 28.7 Å². The van der Waals surface area contributed by atoms with Crippen molar-refractivity contribution in [3.8, 4) is 10.6 Å². The first kappa shape index (κ1) is 20.1. The maximum Gasteiger partial charge on any atom is 0.168 e. The zero-order valence-corrected chi connectivity index (χ0v) is 16.6. The molecule has 4 aromatic rings. The van der Waals surface area contributed by atoms with Crippen LogP contribution in [0.4, 0.5) is 26.2 Å². The fraction of sp³-hybridized carbons (Fsp3) is 0.0588. The summed E-state index contributed by atoms with van der Waals surface area (Å²) in [6.07, 6.45) is 1.04. The molecule has 28 heavy (non-hydrogen) atoms. The van der Waals surface area contributed by atoms with Crippen LogP contribution in [0.25, 0.3) is 20.8 Å². The number of benzene rings is 1. The van der Waals surface area contributed by atoms with Crippen molar-refractivity contribution < 1.29 is 8.78 Å². The van der Waals surface area contributed by atoms with Crippen molar-refractivity contribution in [1.29, 1.82) is 0 Å².